The number of hydrogen-bond donors (Lipinski definition) is 0. The fourth-order valence-corrected chi connectivity index (χ4v) is 2.02. The van der Waals surface area contributed by atoms with Crippen LogP contribution in [0.3, 0.4) is 0 Å². The van der Waals surface area contributed by atoms with E-state index in [9.17, 15) is 0 Å². The number of rotatable bonds is 1. The lowest BCUT2D eigenvalue weighted by molar-refractivity contribution is 0.956. The molecule has 0 aliphatic heterocycles. The monoisotopic (exact) mass is 287 g/mol. The van der Waals surface area contributed by atoms with Gasteiger partial charge >= 0.3 is 0 Å². The summed E-state index contributed by atoms with van der Waals surface area (Å²) in [6.07, 6.45) is 1.93. The first-order valence-electron chi connectivity index (χ1n) is 5.32. The van der Waals surface area contributed by atoms with E-state index in [-0.39, 0.29) is 0 Å². The van der Waals surface area contributed by atoms with Crippen molar-refractivity contribution in [2.24, 2.45) is 0 Å². The highest BCUT2D eigenvalue weighted by Gasteiger charge is 2.07. The third-order valence-corrected chi connectivity index (χ3v) is 3.48. The maximum Gasteiger partial charge on any atom is 0.182 e. The Kier molecular flexibility index (Phi) is 2.44. The zero-order valence-electron chi connectivity index (χ0n) is 9.26. The van der Waals surface area contributed by atoms with Crippen LogP contribution in [0.15, 0.2) is 47.1 Å². The fraction of sp³-hybridized carbons (Fsp3) is 0.0769. The van der Waals surface area contributed by atoms with E-state index in [1.807, 2.05) is 49.5 Å². The van der Waals surface area contributed by atoms with E-state index < -0.39 is 0 Å². The van der Waals surface area contributed by atoms with Crippen molar-refractivity contribution in [1.29, 1.82) is 0 Å². The van der Waals surface area contributed by atoms with Crippen molar-refractivity contribution in [3.63, 3.8) is 0 Å². The van der Waals surface area contributed by atoms with Crippen molar-refractivity contribution in [2.45, 2.75) is 6.92 Å². The molecule has 1 aromatic carbocycles. The van der Waals surface area contributed by atoms with Crippen LogP contribution in [-0.2, 0) is 0 Å². The van der Waals surface area contributed by atoms with Crippen molar-refractivity contribution in [3.8, 4) is 11.4 Å². The molecule has 0 aliphatic rings. The van der Waals surface area contributed by atoms with Crippen LogP contribution in [-0.4, -0.2) is 14.6 Å². The Bertz CT molecular complexity index is 635. The van der Waals surface area contributed by atoms with Gasteiger partial charge in [-0.15, -0.1) is 5.10 Å². The number of halogens is 1. The molecule has 0 radical (unpaired) electrons. The number of nitrogens with zero attached hydrogens (tertiary/aromatic N) is 3. The molecule has 0 aliphatic carbocycles. The first-order valence-corrected chi connectivity index (χ1v) is 6.11. The molecule has 17 heavy (non-hydrogen) atoms. The zero-order valence-corrected chi connectivity index (χ0v) is 10.8. The van der Waals surface area contributed by atoms with E-state index in [4.69, 9.17) is 0 Å². The standard InChI is InChI=1S/C13H10BrN3/c1-9-7-12-15-13(10-5-3-2-4-6-10)16-17(12)8-11(9)14/h2-8H,1H3. The lowest BCUT2D eigenvalue weighted by Gasteiger charge is -1.96. The SMILES string of the molecule is Cc1cc2nc(-c3ccccc3)nn2cc1Br. The highest BCUT2D eigenvalue weighted by Crippen LogP contribution is 2.20. The summed E-state index contributed by atoms with van der Waals surface area (Å²) in [4.78, 5) is 4.52. The second-order valence-corrected chi connectivity index (χ2v) is 4.76. The van der Waals surface area contributed by atoms with Crippen LogP contribution in [0.1, 0.15) is 5.56 Å². The summed E-state index contributed by atoms with van der Waals surface area (Å²) in [5, 5.41) is 4.46. The summed E-state index contributed by atoms with van der Waals surface area (Å²) in [7, 11) is 0. The number of benzene rings is 1. The van der Waals surface area contributed by atoms with E-state index in [0.717, 1.165) is 27.1 Å². The molecular weight excluding hydrogens is 278 g/mol. The van der Waals surface area contributed by atoms with Gasteiger partial charge in [0.1, 0.15) is 0 Å². The Hall–Kier alpha value is -1.68. The Morgan fingerprint density at radius 3 is 2.71 bits per heavy atom. The maximum absolute atomic E-state index is 4.52. The third kappa shape index (κ3) is 1.85. The van der Waals surface area contributed by atoms with Crippen LogP contribution < -0.4 is 0 Å². The molecule has 84 valence electrons. The molecule has 0 saturated heterocycles. The fourth-order valence-electron chi connectivity index (χ4n) is 1.71. The van der Waals surface area contributed by atoms with Gasteiger partial charge in [0.15, 0.2) is 11.5 Å². The number of pyridine rings is 1. The lowest BCUT2D eigenvalue weighted by Crippen LogP contribution is -1.88. The van der Waals surface area contributed by atoms with Crippen LogP contribution in [0, 0.1) is 6.92 Å². The van der Waals surface area contributed by atoms with Crippen molar-refractivity contribution in [1.82, 2.24) is 14.6 Å². The summed E-state index contributed by atoms with van der Waals surface area (Å²) in [5.74, 6) is 0.753. The summed E-state index contributed by atoms with van der Waals surface area (Å²) in [5.41, 5.74) is 3.05. The van der Waals surface area contributed by atoms with Crippen molar-refractivity contribution in [2.75, 3.05) is 0 Å². The van der Waals surface area contributed by atoms with Gasteiger partial charge in [-0.05, 0) is 34.5 Å². The lowest BCUT2D eigenvalue weighted by atomic mass is 10.2. The van der Waals surface area contributed by atoms with Crippen molar-refractivity contribution < 1.29 is 0 Å². The predicted octanol–water partition coefficient (Wildman–Crippen LogP) is 3.47. The van der Waals surface area contributed by atoms with Gasteiger partial charge in [0, 0.05) is 16.2 Å². The topological polar surface area (TPSA) is 30.2 Å². The van der Waals surface area contributed by atoms with E-state index in [1.54, 1.807) is 4.52 Å². The van der Waals surface area contributed by atoms with Crippen molar-refractivity contribution in [3.05, 3.63) is 52.6 Å². The van der Waals surface area contributed by atoms with Gasteiger partial charge in [0.25, 0.3) is 0 Å². The Morgan fingerprint density at radius 1 is 1.18 bits per heavy atom. The second-order valence-electron chi connectivity index (χ2n) is 3.91. The van der Waals surface area contributed by atoms with Crippen LogP contribution in [0.2, 0.25) is 0 Å². The predicted molar refractivity (Wildman–Crippen MR) is 70.9 cm³/mol. The molecule has 3 nitrogen and oxygen atoms in total. The van der Waals surface area contributed by atoms with E-state index in [2.05, 4.69) is 26.0 Å². The summed E-state index contributed by atoms with van der Waals surface area (Å²) < 4.78 is 2.83. The number of hydrogen-bond acceptors (Lipinski definition) is 2. The second kappa shape index (κ2) is 3.96. The highest BCUT2D eigenvalue weighted by molar-refractivity contribution is 9.10. The van der Waals surface area contributed by atoms with Gasteiger partial charge < -0.3 is 0 Å². The maximum atomic E-state index is 4.52. The van der Waals surface area contributed by atoms with Crippen LogP contribution in [0.25, 0.3) is 17.0 Å². The van der Waals surface area contributed by atoms with Crippen LogP contribution in [0.5, 0.6) is 0 Å². The van der Waals surface area contributed by atoms with E-state index in [1.165, 1.54) is 0 Å². The number of aromatic nitrogens is 3. The molecule has 0 fully saturated rings. The summed E-state index contributed by atoms with van der Waals surface area (Å²) in [6, 6.07) is 12.0. The smallest absolute Gasteiger partial charge is 0.182 e. The minimum absolute atomic E-state index is 0.753. The zero-order chi connectivity index (χ0) is 11.8. The number of fused-ring (bicyclic) bond motifs is 1. The van der Waals surface area contributed by atoms with E-state index >= 15 is 0 Å². The quantitative estimate of drug-likeness (QED) is 0.686. The molecule has 0 atom stereocenters. The molecule has 3 rings (SSSR count). The van der Waals surface area contributed by atoms with Gasteiger partial charge in [-0.2, -0.15) is 0 Å². The molecule has 0 amide bonds. The molecule has 2 heterocycles. The Morgan fingerprint density at radius 2 is 1.94 bits per heavy atom. The molecule has 0 bridgehead atoms. The molecular formula is C13H10BrN3. The molecule has 2 aromatic heterocycles. The first-order chi connectivity index (χ1) is 8.24. The van der Waals surface area contributed by atoms with Gasteiger partial charge in [-0.25, -0.2) is 9.50 Å². The van der Waals surface area contributed by atoms with Gasteiger partial charge in [-0.1, -0.05) is 30.3 Å². The minimum atomic E-state index is 0.753. The first kappa shape index (κ1) is 10.5. The molecule has 3 aromatic rings. The van der Waals surface area contributed by atoms with Gasteiger partial charge in [0.05, 0.1) is 0 Å². The Labute approximate surface area is 107 Å². The highest BCUT2D eigenvalue weighted by atomic mass is 79.9. The van der Waals surface area contributed by atoms with Crippen LogP contribution >= 0.6 is 15.9 Å². The summed E-state index contributed by atoms with van der Waals surface area (Å²) >= 11 is 3.49. The average Bonchev–Trinajstić information content (AvgIpc) is 2.74. The molecule has 0 unspecified atom stereocenters. The molecule has 0 N–H and O–H groups in total. The van der Waals surface area contributed by atoms with Gasteiger partial charge in [-0.3, -0.25) is 0 Å². The molecule has 0 saturated carbocycles. The molecule has 4 heteroatoms. The summed E-state index contributed by atoms with van der Waals surface area (Å²) in [6.45, 7) is 2.04. The van der Waals surface area contributed by atoms with Crippen LogP contribution in [0.4, 0.5) is 0 Å². The largest absolute Gasteiger partial charge is 0.219 e. The number of aryl methyl sites for hydroxylation is 1. The van der Waals surface area contributed by atoms with E-state index in [0.29, 0.717) is 0 Å². The third-order valence-electron chi connectivity index (χ3n) is 2.65. The van der Waals surface area contributed by atoms with Gasteiger partial charge in [0.2, 0.25) is 0 Å². The normalized spacial score (nSPS) is 10.9. The van der Waals surface area contributed by atoms with Crippen molar-refractivity contribution >= 4 is 21.6 Å². The minimum Gasteiger partial charge on any atom is -0.219 e. The Balaban J connectivity index is 2.21. The average molecular weight is 288 g/mol. The molecule has 0 spiro atoms.